The molecule has 0 saturated carbocycles. The zero-order valence-corrected chi connectivity index (χ0v) is 12.1. The summed E-state index contributed by atoms with van der Waals surface area (Å²) in [5.74, 6) is 0.407. The van der Waals surface area contributed by atoms with Crippen LogP contribution in [0.3, 0.4) is 0 Å². The van der Waals surface area contributed by atoms with Gasteiger partial charge in [0.1, 0.15) is 5.75 Å². The fourth-order valence-electron chi connectivity index (χ4n) is 1.71. The van der Waals surface area contributed by atoms with Crippen LogP contribution in [0.4, 0.5) is 4.79 Å². The Hall–Kier alpha value is -2.08. The van der Waals surface area contributed by atoms with E-state index in [1.54, 1.807) is 6.92 Å². The van der Waals surface area contributed by atoms with Gasteiger partial charge in [0.05, 0.1) is 12.6 Å². The average molecular weight is 279 g/mol. The molecule has 0 aliphatic rings. The number of imide groups is 1. The number of carbonyl (C=O) groups excluding carboxylic acids is 2. The Morgan fingerprint density at radius 1 is 1.35 bits per heavy atom. The number of amides is 3. The lowest BCUT2D eigenvalue weighted by molar-refractivity contribution is -0.124. The van der Waals surface area contributed by atoms with E-state index in [4.69, 9.17) is 10.5 Å². The lowest BCUT2D eigenvalue weighted by Gasteiger charge is -2.23. The number of rotatable bonds is 6. The number of hydrogen-bond donors (Lipinski definition) is 2. The van der Waals surface area contributed by atoms with E-state index in [9.17, 15) is 9.59 Å². The second-order valence-corrected chi connectivity index (χ2v) is 4.52. The first kappa shape index (κ1) is 16.0. The first-order valence-electron chi connectivity index (χ1n) is 6.46. The smallest absolute Gasteiger partial charge is 0.318 e. The predicted octanol–water partition coefficient (Wildman–Crippen LogP) is 1.10. The summed E-state index contributed by atoms with van der Waals surface area (Å²) in [7, 11) is 1.81. The molecule has 3 N–H and O–H groups in total. The molecule has 0 aromatic heterocycles. The standard InChI is InChI=1S/C14H21N3O3/c1-4-20-12-7-5-11(6-8-12)9-17(3)10(2)13(18)16-14(15)19/h5-8,10H,4,9H2,1-3H3,(H3,15,16,18,19)/t10-/m1/s1. The first-order chi connectivity index (χ1) is 9.43. The molecule has 0 unspecified atom stereocenters. The molecular formula is C14H21N3O3. The SMILES string of the molecule is CCOc1ccc(CN(C)[C@H](C)C(=O)NC(N)=O)cc1. The molecule has 1 rings (SSSR count). The largest absolute Gasteiger partial charge is 0.494 e. The van der Waals surface area contributed by atoms with Gasteiger partial charge in [-0.05, 0) is 38.6 Å². The van der Waals surface area contributed by atoms with E-state index >= 15 is 0 Å². The Labute approximate surface area is 118 Å². The molecule has 0 spiro atoms. The van der Waals surface area contributed by atoms with Gasteiger partial charge in [-0.1, -0.05) is 12.1 Å². The van der Waals surface area contributed by atoms with Gasteiger partial charge in [0.25, 0.3) is 0 Å². The number of urea groups is 1. The molecule has 1 atom stereocenters. The van der Waals surface area contributed by atoms with E-state index in [-0.39, 0.29) is 0 Å². The molecule has 0 radical (unpaired) electrons. The summed E-state index contributed by atoms with van der Waals surface area (Å²) in [5.41, 5.74) is 5.98. The monoisotopic (exact) mass is 279 g/mol. The topological polar surface area (TPSA) is 84.7 Å². The Morgan fingerprint density at radius 3 is 2.45 bits per heavy atom. The van der Waals surface area contributed by atoms with E-state index in [1.807, 2.05) is 43.1 Å². The minimum atomic E-state index is -0.837. The fraction of sp³-hybridized carbons (Fsp3) is 0.429. The fourth-order valence-corrected chi connectivity index (χ4v) is 1.71. The highest BCUT2D eigenvalue weighted by molar-refractivity contribution is 5.96. The molecule has 0 aliphatic carbocycles. The number of likely N-dealkylation sites (N-methyl/N-ethyl adjacent to an activating group) is 1. The van der Waals surface area contributed by atoms with Gasteiger partial charge in [0.15, 0.2) is 0 Å². The van der Waals surface area contributed by atoms with E-state index in [2.05, 4.69) is 5.32 Å². The van der Waals surface area contributed by atoms with Crippen LogP contribution in [-0.4, -0.2) is 36.5 Å². The molecule has 1 aromatic carbocycles. The highest BCUT2D eigenvalue weighted by Gasteiger charge is 2.19. The molecule has 110 valence electrons. The minimum Gasteiger partial charge on any atom is -0.494 e. The third-order valence-corrected chi connectivity index (χ3v) is 2.95. The zero-order chi connectivity index (χ0) is 15.1. The van der Waals surface area contributed by atoms with E-state index < -0.39 is 18.0 Å². The van der Waals surface area contributed by atoms with Gasteiger partial charge < -0.3 is 10.5 Å². The quantitative estimate of drug-likeness (QED) is 0.816. The Morgan fingerprint density at radius 2 is 1.95 bits per heavy atom. The molecule has 0 heterocycles. The Balaban J connectivity index is 2.58. The van der Waals surface area contributed by atoms with Crippen LogP contribution < -0.4 is 15.8 Å². The molecule has 0 aliphatic heterocycles. The van der Waals surface area contributed by atoms with Crippen LogP contribution in [0, 0.1) is 0 Å². The summed E-state index contributed by atoms with van der Waals surface area (Å²) >= 11 is 0. The van der Waals surface area contributed by atoms with Crippen molar-refractivity contribution in [1.82, 2.24) is 10.2 Å². The van der Waals surface area contributed by atoms with Crippen LogP contribution in [-0.2, 0) is 11.3 Å². The molecule has 0 saturated heterocycles. The van der Waals surface area contributed by atoms with Crippen molar-refractivity contribution in [2.75, 3.05) is 13.7 Å². The number of benzene rings is 1. The van der Waals surface area contributed by atoms with Crippen molar-refractivity contribution in [3.8, 4) is 5.75 Å². The van der Waals surface area contributed by atoms with Crippen LogP contribution in [0.5, 0.6) is 5.75 Å². The summed E-state index contributed by atoms with van der Waals surface area (Å²) in [6, 6.07) is 6.38. The number of nitrogens with two attached hydrogens (primary N) is 1. The molecular weight excluding hydrogens is 258 g/mol. The third kappa shape index (κ3) is 4.89. The molecule has 6 heteroatoms. The van der Waals surface area contributed by atoms with Gasteiger partial charge >= 0.3 is 6.03 Å². The second-order valence-electron chi connectivity index (χ2n) is 4.52. The van der Waals surface area contributed by atoms with Crippen LogP contribution in [0.25, 0.3) is 0 Å². The van der Waals surface area contributed by atoms with Crippen LogP contribution in [0.2, 0.25) is 0 Å². The van der Waals surface area contributed by atoms with Gasteiger partial charge in [0, 0.05) is 6.54 Å². The van der Waals surface area contributed by atoms with Crippen molar-refractivity contribution >= 4 is 11.9 Å². The van der Waals surface area contributed by atoms with Crippen molar-refractivity contribution in [2.45, 2.75) is 26.4 Å². The van der Waals surface area contributed by atoms with Crippen molar-refractivity contribution < 1.29 is 14.3 Å². The summed E-state index contributed by atoms with van der Waals surface area (Å²) in [5, 5.41) is 2.07. The van der Waals surface area contributed by atoms with Gasteiger partial charge in [-0.25, -0.2) is 4.79 Å². The summed E-state index contributed by atoms with van der Waals surface area (Å²) in [4.78, 5) is 24.1. The highest BCUT2D eigenvalue weighted by atomic mass is 16.5. The van der Waals surface area contributed by atoms with Crippen molar-refractivity contribution in [1.29, 1.82) is 0 Å². The zero-order valence-electron chi connectivity index (χ0n) is 12.1. The summed E-state index contributed by atoms with van der Waals surface area (Å²) in [6.45, 7) is 4.86. The number of nitrogens with one attached hydrogen (secondary N) is 1. The summed E-state index contributed by atoms with van der Waals surface area (Å²) in [6.07, 6.45) is 0. The van der Waals surface area contributed by atoms with Gasteiger partial charge in [-0.15, -0.1) is 0 Å². The van der Waals surface area contributed by atoms with Crippen molar-refractivity contribution in [3.63, 3.8) is 0 Å². The molecule has 0 bridgehead atoms. The Kier molecular flexibility index (Phi) is 5.99. The van der Waals surface area contributed by atoms with E-state index in [1.165, 1.54) is 0 Å². The highest BCUT2D eigenvalue weighted by Crippen LogP contribution is 2.14. The molecule has 0 fully saturated rings. The van der Waals surface area contributed by atoms with Crippen LogP contribution in [0.1, 0.15) is 19.4 Å². The maximum absolute atomic E-state index is 11.7. The predicted molar refractivity (Wildman–Crippen MR) is 76.3 cm³/mol. The molecule has 1 aromatic rings. The van der Waals surface area contributed by atoms with Crippen LogP contribution in [0.15, 0.2) is 24.3 Å². The van der Waals surface area contributed by atoms with Gasteiger partial charge in [-0.2, -0.15) is 0 Å². The minimum absolute atomic E-state index is 0.411. The van der Waals surface area contributed by atoms with Crippen molar-refractivity contribution in [3.05, 3.63) is 29.8 Å². The number of ether oxygens (including phenoxy) is 1. The maximum Gasteiger partial charge on any atom is 0.318 e. The average Bonchev–Trinajstić information content (AvgIpc) is 2.39. The lowest BCUT2D eigenvalue weighted by atomic mass is 10.2. The third-order valence-electron chi connectivity index (χ3n) is 2.95. The lowest BCUT2D eigenvalue weighted by Crippen LogP contribution is -2.46. The van der Waals surface area contributed by atoms with Crippen molar-refractivity contribution in [2.24, 2.45) is 5.73 Å². The second kappa shape index (κ2) is 7.49. The molecule has 20 heavy (non-hydrogen) atoms. The maximum atomic E-state index is 11.7. The number of nitrogens with zero attached hydrogens (tertiary/aromatic N) is 1. The van der Waals surface area contributed by atoms with E-state index in [0.717, 1.165) is 11.3 Å². The molecule has 6 nitrogen and oxygen atoms in total. The van der Waals surface area contributed by atoms with Gasteiger partial charge in [-0.3, -0.25) is 15.0 Å². The van der Waals surface area contributed by atoms with Gasteiger partial charge in [0.2, 0.25) is 5.91 Å². The number of primary amides is 1. The van der Waals surface area contributed by atoms with Crippen LogP contribution >= 0.6 is 0 Å². The molecule has 3 amide bonds. The first-order valence-corrected chi connectivity index (χ1v) is 6.46. The normalized spacial score (nSPS) is 12.0. The number of hydrogen-bond acceptors (Lipinski definition) is 4. The van der Waals surface area contributed by atoms with E-state index in [0.29, 0.717) is 13.2 Å². The Bertz CT molecular complexity index is 459. The summed E-state index contributed by atoms with van der Waals surface area (Å²) < 4.78 is 5.37. The number of carbonyl (C=O) groups is 2.